The topological polar surface area (TPSA) is 32.9 Å². The van der Waals surface area contributed by atoms with Gasteiger partial charge in [0.1, 0.15) is 0 Å². The Morgan fingerprint density at radius 3 is 2.28 bits per heavy atom. The van der Waals surface area contributed by atoms with Crippen LogP contribution in [0.5, 0.6) is 0 Å². The first-order valence-electron chi connectivity index (χ1n) is 5.62. The van der Waals surface area contributed by atoms with Crippen molar-refractivity contribution in [2.24, 2.45) is 0 Å². The summed E-state index contributed by atoms with van der Waals surface area (Å²) in [4.78, 5) is 14.5. The van der Waals surface area contributed by atoms with Gasteiger partial charge in [-0.3, -0.25) is 4.79 Å². The van der Waals surface area contributed by atoms with Crippen molar-refractivity contribution in [1.29, 1.82) is 0 Å². The quantitative estimate of drug-likeness (QED) is 0.725. The second kappa shape index (κ2) is 4.42. The molecule has 18 heavy (non-hydrogen) atoms. The van der Waals surface area contributed by atoms with Gasteiger partial charge in [-0.1, -0.05) is 46.3 Å². The summed E-state index contributed by atoms with van der Waals surface area (Å²) in [5, 5.41) is 1.70. The summed E-state index contributed by atoms with van der Waals surface area (Å²) >= 11 is 3.42. The highest BCUT2D eigenvalue weighted by molar-refractivity contribution is 9.10. The molecule has 1 heterocycles. The molecule has 0 unspecified atom stereocenters. The molecule has 0 aliphatic heterocycles. The van der Waals surface area contributed by atoms with Crippen molar-refractivity contribution >= 4 is 26.7 Å². The van der Waals surface area contributed by atoms with Gasteiger partial charge < -0.3 is 4.98 Å². The lowest BCUT2D eigenvalue weighted by Gasteiger charge is -2.06. The Labute approximate surface area is 112 Å². The molecule has 0 amide bonds. The van der Waals surface area contributed by atoms with Gasteiger partial charge in [0, 0.05) is 21.6 Å². The van der Waals surface area contributed by atoms with Crippen LogP contribution in [0.15, 0.2) is 64.0 Å². The maximum absolute atomic E-state index is 11.8. The van der Waals surface area contributed by atoms with Crippen molar-refractivity contribution in [2.45, 2.75) is 0 Å². The van der Waals surface area contributed by atoms with E-state index in [1.54, 1.807) is 6.20 Å². The predicted octanol–water partition coefficient (Wildman–Crippen LogP) is 3.96. The Balaban J connectivity index is 2.33. The van der Waals surface area contributed by atoms with Gasteiger partial charge in [0.05, 0.1) is 0 Å². The Morgan fingerprint density at radius 2 is 1.56 bits per heavy atom. The molecule has 1 N–H and O–H groups in total. The monoisotopic (exact) mass is 299 g/mol. The van der Waals surface area contributed by atoms with Crippen LogP contribution in [0, 0.1) is 0 Å². The van der Waals surface area contributed by atoms with E-state index in [0.29, 0.717) is 0 Å². The van der Waals surface area contributed by atoms with Crippen LogP contribution in [0.25, 0.3) is 21.9 Å². The summed E-state index contributed by atoms with van der Waals surface area (Å²) in [6, 6.07) is 15.7. The molecule has 0 radical (unpaired) electrons. The van der Waals surface area contributed by atoms with Crippen LogP contribution < -0.4 is 5.56 Å². The fourth-order valence-corrected chi connectivity index (χ4v) is 2.34. The minimum Gasteiger partial charge on any atom is -0.328 e. The Kier molecular flexibility index (Phi) is 2.76. The van der Waals surface area contributed by atoms with Crippen molar-refractivity contribution in [1.82, 2.24) is 4.98 Å². The first-order valence-corrected chi connectivity index (χ1v) is 6.41. The van der Waals surface area contributed by atoms with Crippen molar-refractivity contribution < 1.29 is 0 Å². The van der Waals surface area contributed by atoms with E-state index in [1.807, 2.05) is 48.5 Å². The molecular weight excluding hydrogens is 290 g/mol. The average Bonchev–Trinajstić information content (AvgIpc) is 2.41. The zero-order valence-corrected chi connectivity index (χ0v) is 11.1. The highest BCUT2D eigenvalue weighted by Crippen LogP contribution is 2.26. The summed E-state index contributed by atoms with van der Waals surface area (Å²) in [5.41, 5.74) is 2.08. The lowest BCUT2D eigenvalue weighted by molar-refractivity contribution is 1.28. The number of rotatable bonds is 1. The minimum atomic E-state index is -0.0496. The summed E-state index contributed by atoms with van der Waals surface area (Å²) < 4.78 is 1.04. The fraction of sp³-hybridized carbons (Fsp3) is 0. The zero-order valence-electron chi connectivity index (χ0n) is 9.48. The highest BCUT2D eigenvalue weighted by atomic mass is 79.9. The number of H-pyrrole nitrogens is 1. The fourth-order valence-electron chi connectivity index (χ4n) is 2.08. The second-order valence-corrected chi connectivity index (χ2v) is 5.00. The normalized spacial score (nSPS) is 10.7. The lowest BCUT2D eigenvalue weighted by atomic mass is 10.0. The summed E-state index contributed by atoms with van der Waals surface area (Å²) in [7, 11) is 0. The van der Waals surface area contributed by atoms with E-state index in [-0.39, 0.29) is 5.56 Å². The largest absolute Gasteiger partial charge is 0.328 e. The maximum atomic E-state index is 11.8. The molecule has 2 nitrogen and oxygen atoms in total. The molecule has 0 atom stereocenters. The van der Waals surface area contributed by atoms with Gasteiger partial charge in [-0.2, -0.15) is 0 Å². The molecule has 2 aromatic carbocycles. The van der Waals surface area contributed by atoms with E-state index in [2.05, 4.69) is 20.9 Å². The van der Waals surface area contributed by atoms with Crippen LogP contribution in [0.1, 0.15) is 0 Å². The van der Waals surface area contributed by atoms with Crippen LogP contribution in [0.2, 0.25) is 0 Å². The van der Waals surface area contributed by atoms with Gasteiger partial charge in [-0.25, -0.2) is 0 Å². The van der Waals surface area contributed by atoms with Crippen LogP contribution in [-0.4, -0.2) is 4.98 Å². The van der Waals surface area contributed by atoms with Gasteiger partial charge in [0.15, 0.2) is 0 Å². The number of aromatic amines is 1. The Hall–Kier alpha value is -1.87. The van der Waals surface area contributed by atoms with Crippen molar-refractivity contribution in [2.75, 3.05) is 0 Å². The number of hydrogen-bond donors (Lipinski definition) is 1. The zero-order chi connectivity index (χ0) is 12.5. The minimum absolute atomic E-state index is 0.0496. The number of benzene rings is 2. The number of halogens is 1. The van der Waals surface area contributed by atoms with Crippen LogP contribution in [-0.2, 0) is 0 Å². The summed E-state index contributed by atoms with van der Waals surface area (Å²) in [6.45, 7) is 0. The average molecular weight is 300 g/mol. The molecule has 0 saturated carbocycles. The first-order chi connectivity index (χ1) is 8.75. The molecule has 3 rings (SSSR count). The van der Waals surface area contributed by atoms with Gasteiger partial charge in [0.25, 0.3) is 5.56 Å². The van der Waals surface area contributed by atoms with Crippen molar-refractivity contribution in [3.05, 3.63) is 69.6 Å². The van der Waals surface area contributed by atoms with Gasteiger partial charge in [-0.05, 0) is 29.1 Å². The van der Waals surface area contributed by atoms with Gasteiger partial charge in [-0.15, -0.1) is 0 Å². The molecule has 3 heteroatoms. The summed E-state index contributed by atoms with van der Waals surface area (Å²) in [5.74, 6) is 0. The van der Waals surface area contributed by atoms with E-state index >= 15 is 0 Å². The Morgan fingerprint density at radius 1 is 0.889 bits per heavy atom. The first kappa shape index (κ1) is 11.2. The van der Waals surface area contributed by atoms with Crippen LogP contribution in [0.3, 0.4) is 0 Å². The van der Waals surface area contributed by atoms with E-state index in [4.69, 9.17) is 0 Å². The number of nitrogens with one attached hydrogen (secondary N) is 1. The number of fused-ring (bicyclic) bond motifs is 1. The number of aromatic nitrogens is 1. The lowest BCUT2D eigenvalue weighted by Crippen LogP contribution is -2.05. The number of hydrogen-bond acceptors (Lipinski definition) is 1. The maximum Gasteiger partial charge on any atom is 0.255 e. The van der Waals surface area contributed by atoms with E-state index < -0.39 is 0 Å². The van der Waals surface area contributed by atoms with E-state index in [1.165, 1.54) is 0 Å². The molecule has 3 aromatic rings. The van der Waals surface area contributed by atoms with E-state index in [0.717, 1.165) is 26.4 Å². The third kappa shape index (κ3) is 1.87. The molecule has 0 bridgehead atoms. The molecule has 0 aliphatic rings. The van der Waals surface area contributed by atoms with Crippen LogP contribution in [0.4, 0.5) is 0 Å². The highest BCUT2D eigenvalue weighted by Gasteiger charge is 2.05. The third-order valence-electron chi connectivity index (χ3n) is 2.96. The molecule has 0 aliphatic carbocycles. The Bertz CT molecular complexity index is 759. The molecule has 0 spiro atoms. The summed E-state index contributed by atoms with van der Waals surface area (Å²) in [6.07, 6.45) is 1.77. The van der Waals surface area contributed by atoms with Crippen molar-refractivity contribution in [3.63, 3.8) is 0 Å². The van der Waals surface area contributed by atoms with Gasteiger partial charge >= 0.3 is 0 Å². The molecular formula is C15H10BrNO. The second-order valence-electron chi connectivity index (χ2n) is 4.08. The predicted molar refractivity (Wildman–Crippen MR) is 77.7 cm³/mol. The molecule has 0 fully saturated rings. The standard InChI is InChI=1S/C15H10BrNO/c16-11-7-5-10(6-8-11)14-9-17-15(18)13-4-2-1-3-12(13)14/h1-9H,(H,17,18). The van der Waals surface area contributed by atoms with Gasteiger partial charge in [0.2, 0.25) is 0 Å². The van der Waals surface area contributed by atoms with Crippen molar-refractivity contribution in [3.8, 4) is 11.1 Å². The molecule has 0 saturated heterocycles. The SMILES string of the molecule is O=c1[nH]cc(-c2ccc(Br)cc2)c2ccccc12. The molecule has 1 aromatic heterocycles. The smallest absolute Gasteiger partial charge is 0.255 e. The molecule has 88 valence electrons. The van der Waals surface area contributed by atoms with Crippen LogP contribution >= 0.6 is 15.9 Å². The number of pyridine rings is 1. The third-order valence-corrected chi connectivity index (χ3v) is 3.49. The van der Waals surface area contributed by atoms with E-state index in [9.17, 15) is 4.79 Å².